The summed E-state index contributed by atoms with van der Waals surface area (Å²) in [6, 6.07) is 8.52. The summed E-state index contributed by atoms with van der Waals surface area (Å²) in [5.74, 6) is 0.410. The molecular formula is C20H31N3O2. The van der Waals surface area contributed by atoms with E-state index in [9.17, 15) is 9.90 Å². The highest BCUT2D eigenvalue weighted by Crippen LogP contribution is 2.25. The Balaban J connectivity index is 1.44. The number of amides is 2. The fraction of sp³-hybridized carbons (Fsp3) is 0.650. The first kappa shape index (κ1) is 18.2. The van der Waals surface area contributed by atoms with Crippen LogP contribution in [0.5, 0.6) is 0 Å². The van der Waals surface area contributed by atoms with E-state index in [0.29, 0.717) is 19.0 Å². The van der Waals surface area contributed by atoms with E-state index in [2.05, 4.69) is 53.6 Å². The number of carbonyl (C=O) groups is 1. The monoisotopic (exact) mass is 345 g/mol. The lowest BCUT2D eigenvalue weighted by molar-refractivity contribution is 0.104. The van der Waals surface area contributed by atoms with Gasteiger partial charge in [-0.3, -0.25) is 4.90 Å². The summed E-state index contributed by atoms with van der Waals surface area (Å²) >= 11 is 0. The van der Waals surface area contributed by atoms with Crippen LogP contribution < -0.4 is 10.6 Å². The molecule has 3 rings (SSSR count). The highest BCUT2D eigenvalue weighted by molar-refractivity contribution is 5.73. The van der Waals surface area contributed by atoms with E-state index < -0.39 is 0 Å². The van der Waals surface area contributed by atoms with Crippen LogP contribution in [0.4, 0.5) is 4.79 Å². The Morgan fingerprint density at radius 2 is 2.00 bits per heavy atom. The number of aliphatic hydroxyl groups is 1. The van der Waals surface area contributed by atoms with Crippen molar-refractivity contribution in [1.82, 2.24) is 15.5 Å². The van der Waals surface area contributed by atoms with Gasteiger partial charge in [-0.1, -0.05) is 24.3 Å². The molecule has 1 aliphatic heterocycles. The van der Waals surface area contributed by atoms with Crippen LogP contribution in [0.3, 0.4) is 0 Å². The molecular weight excluding hydrogens is 314 g/mol. The fourth-order valence-electron chi connectivity index (χ4n) is 3.95. The molecule has 2 amide bonds. The molecule has 1 saturated carbocycles. The summed E-state index contributed by atoms with van der Waals surface area (Å²) in [7, 11) is 0. The van der Waals surface area contributed by atoms with Crippen LogP contribution in [0.15, 0.2) is 24.3 Å². The number of benzene rings is 1. The Labute approximate surface area is 150 Å². The van der Waals surface area contributed by atoms with E-state index in [-0.39, 0.29) is 17.7 Å². The zero-order chi connectivity index (χ0) is 17.9. The third-order valence-electron chi connectivity index (χ3n) is 5.73. The second-order valence-electron chi connectivity index (χ2n) is 8.15. The molecule has 0 spiro atoms. The molecule has 5 heteroatoms. The van der Waals surface area contributed by atoms with E-state index in [1.54, 1.807) is 0 Å². The molecule has 0 saturated heterocycles. The number of rotatable bonds is 5. The molecule has 2 atom stereocenters. The number of fused-ring (bicyclic) bond motifs is 1. The van der Waals surface area contributed by atoms with Gasteiger partial charge in [-0.2, -0.15) is 0 Å². The van der Waals surface area contributed by atoms with Gasteiger partial charge in [-0.15, -0.1) is 0 Å². The zero-order valence-electron chi connectivity index (χ0n) is 15.4. The Hall–Kier alpha value is -1.59. The first-order valence-corrected chi connectivity index (χ1v) is 9.45. The minimum Gasteiger partial charge on any atom is -0.393 e. The zero-order valence-corrected chi connectivity index (χ0v) is 15.4. The van der Waals surface area contributed by atoms with Gasteiger partial charge in [0.05, 0.1) is 6.10 Å². The predicted molar refractivity (Wildman–Crippen MR) is 99.4 cm³/mol. The van der Waals surface area contributed by atoms with Gasteiger partial charge in [0.2, 0.25) is 0 Å². The average Bonchev–Trinajstić information content (AvgIpc) is 3.03. The van der Waals surface area contributed by atoms with Crippen LogP contribution in [0, 0.1) is 5.92 Å². The Morgan fingerprint density at radius 1 is 1.24 bits per heavy atom. The Bertz CT molecular complexity index is 602. The Kier molecular flexibility index (Phi) is 5.64. The molecule has 0 bridgehead atoms. The number of aliphatic hydroxyl groups excluding tert-OH is 1. The van der Waals surface area contributed by atoms with Crippen molar-refractivity contribution in [3.63, 3.8) is 0 Å². The molecule has 0 radical (unpaired) electrons. The average molecular weight is 345 g/mol. The summed E-state index contributed by atoms with van der Waals surface area (Å²) < 4.78 is 0. The standard InChI is InChI=1S/C20H31N3O2/c1-20(2,23-10-9-16-5-3-4-6-17(16)13-23)14-22-19(25)21-12-15-7-8-18(24)11-15/h3-6,15,18,24H,7-14H2,1-2H3,(H2,21,22,25)/t15-,18+/m0/s1. The molecule has 1 aliphatic carbocycles. The molecule has 1 aromatic rings. The van der Waals surface area contributed by atoms with Crippen molar-refractivity contribution in [1.29, 1.82) is 0 Å². The van der Waals surface area contributed by atoms with Gasteiger partial charge in [0.15, 0.2) is 0 Å². The lowest BCUT2D eigenvalue weighted by Gasteiger charge is -2.41. The topological polar surface area (TPSA) is 64.6 Å². The van der Waals surface area contributed by atoms with Crippen LogP contribution >= 0.6 is 0 Å². The summed E-state index contributed by atoms with van der Waals surface area (Å²) in [5.41, 5.74) is 2.75. The minimum absolute atomic E-state index is 0.0889. The summed E-state index contributed by atoms with van der Waals surface area (Å²) in [5, 5.41) is 15.5. The smallest absolute Gasteiger partial charge is 0.314 e. The van der Waals surface area contributed by atoms with Gasteiger partial charge in [-0.25, -0.2) is 4.79 Å². The number of carbonyl (C=O) groups excluding carboxylic acids is 1. The van der Waals surface area contributed by atoms with Crippen molar-refractivity contribution in [2.45, 2.75) is 57.7 Å². The van der Waals surface area contributed by atoms with Gasteiger partial charge in [0, 0.05) is 31.7 Å². The number of nitrogens with zero attached hydrogens (tertiary/aromatic N) is 1. The first-order chi connectivity index (χ1) is 11.9. The maximum absolute atomic E-state index is 12.1. The van der Waals surface area contributed by atoms with Gasteiger partial charge in [0.1, 0.15) is 0 Å². The quantitative estimate of drug-likeness (QED) is 0.767. The van der Waals surface area contributed by atoms with Crippen LogP contribution in [0.2, 0.25) is 0 Å². The minimum atomic E-state index is -0.184. The van der Waals surface area contributed by atoms with E-state index in [4.69, 9.17) is 0 Å². The van der Waals surface area contributed by atoms with Gasteiger partial charge in [0.25, 0.3) is 0 Å². The maximum Gasteiger partial charge on any atom is 0.314 e. The number of hydrogen-bond acceptors (Lipinski definition) is 3. The molecule has 5 nitrogen and oxygen atoms in total. The fourth-order valence-corrected chi connectivity index (χ4v) is 3.95. The predicted octanol–water partition coefficient (Wildman–Crippen LogP) is 2.28. The van der Waals surface area contributed by atoms with E-state index in [0.717, 1.165) is 38.8 Å². The lowest BCUT2D eigenvalue weighted by Crippen LogP contribution is -2.54. The van der Waals surface area contributed by atoms with Gasteiger partial charge in [-0.05, 0) is 56.6 Å². The molecule has 0 aromatic heterocycles. The Morgan fingerprint density at radius 3 is 2.72 bits per heavy atom. The molecule has 3 N–H and O–H groups in total. The molecule has 1 fully saturated rings. The van der Waals surface area contributed by atoms with Crippen molar-refractivity contribution >= 4 is 6.03 Å². The van der Waals surface area contributed by atoms with Gasteiger partial charge < -0.3 is 15.7 Å². The van der Waals surface area contributed by atoms with Crippen molar-refractivity contribution < 1.29 is 9.90 Å². The number of hydrogen-bond donors (Lipinski definition) is 3. The normalized spacial score (nSPS) is 24.0. The van der Waals surface area contributed by atoms with Crippen molar-refractivity contribution in [2.75, 3.05) is 19.6 Å². The van der Waals surface area contributed by atoms with Crippen LogP contribution in [0.25, 0.3) is 0 Å². The summed E-state index contributed by atoms with van der Waals surface area (Å²) in [6.07, 6.45) is 3.54. The number of nitrogens with one attached hydrogen (secondary N) is 2. The van der Waals surface area contributed by atoms with Crippen LogP contribution in [-0.4, -0.2) is 47.3 Å². The van der Waals surface area contributed by atoms with E-state index >= 15 is 0 Å². The molecule has 0 unspecified atom stereocenters. The number of urea groups is 1. The molecule has 138 valence electrons. The maximum atomic E-state index is 12.1. The first-order valence-electron chi connectivity index (χ1n) is 9.45. The molecule has 25 heavy (non-hydrogen) atoms. The second kappa shape index (κ2) is 7.75. The highest BCUT2D eigenvalue weighted by atomic mass is 16.3. The summed E-state index contributed by atoms with van der Waals surface area (Å²) in [4.78, 5) is 14.6. The summed E-state index contributed by atoms with van der Waals surface area (Å²) in [6.45, 7) is 7.61. The SMILES string of the molecule is CC(C)(CNC(=O)NC[C@H]1CC[C@@H](O)C1)N1CCc2ccccc2C1. The van der Waals surface area contributed by atoms with Crippen LogP contribution in [-0.2, 0) is 13.0 Å². The van der Waals surface area contributed by atoms with E-state index in [1.165, 1.54) is 11.1 Å². The second-order valence-corrected chi connectivity index (χ2v) is 8.15. The molecule has 1 heterocycles. The third-order valence-corrected chi connectivity index (χ3v) is 5.73. The molecule has 2 aliphatic rings. The van der Waals surface area contributed by atoms with E-state index in [1.807, 2.05) is 0 Å². The van der Waals surface area contributed by atoms with Crippen LogP contribution in [0.1, 0.15) is 44.2 Å². The lowest BCUT2D eigenvalue weighted by atomic mass is 9.94. The highest BCUT2D eigenvalue weighted by Gasteiger charge is 2.30. The van der Waals surface area contributed by atoms with Crippen molar-refractivity contribution in [3.05, 3.63) is 35.4 Å². The van der Waals surface area contributed by atoms with Crippen molar-refractivity contribution in [3.8, 4) is 0 Å². The molecule has 1 aromatic carbocycles. The van der Waals surface area contributed by atoms with Gasteiger partial charge >= 0.3 is 6.03 Å². The van der Waals surface area contributed by atoms with Crippen molar-refractivity contribution in [2.24, 2.45) is 5.92 Å². The third kappa shape index (κ3) is 4.73. The largest absolute Gasteiger partial charge is 0.393 e.